The van der Waals surface area contributed by atoms with Crippen molar-refractivity contribution >= 4 is 17.2 Å². The summed E-state index contributed by atoms with van der Waals surface area (Å²) in [4.78, 5) is 19.3. The molecule has 1 aromatic heterocycles. The van der Waals surface area contributed by atoms with Gasteiger partial charge in [-0.05, 0) is 50.3 Å². The maximum atomic E-state index is 12.6. The van der Waals surface area contributed by atoms with Gasteiger partial charge in [0.15, 0.2) is 0 Å². The fourth-order valence-electron chi connectivity index (χ4n) is 3.23. The van der Waals surface area contributed by atoms with Gasteiger partial charge in [0.2, 0.25) is 0 Å². The molecule has 6 nitrogen and oxygen atoms in total. The van der Waals surface area contributed by atoms with Gasteiger partial charge in [-0.25, -0.2) is 4.98 Å². The van der Waals surface area contributed by atoms with Gasteiger partial charge in [0, 0.05) is 29.6 Å². The number of nitrogens with one attached hydrogen (secondary N) is 1. The number of aromatic nitrogens is 1. The summed E-state index contributed by atoms with van der Waals surface area (Å²) in [5, 5.41) is 5.99. The molecule has 7 heteroatoms. The highest BCUT2D eigenvalue weighted by Crippen LogP contribution is 2.19. The van der Waals surface area contributed by atoms with Gasteiger partial charge >= 0.3 is 0 Å². The Labute approximate surface area is 194 Å². The van der Waals surface area contributed by atoms with Crippen LogP contribution < -0.4 is 14.8 Å². The first-order chi connectivity index (χ1) is 15.6. The lowest BCUT2D eigenvalue weighted by atomic mass is 10.1. The molecule has 0 radical (unpaired) electrons. The van der Waals surface area contributed by atoms with Crippen molar-refractivity contribution in [2.75, 3.05) is 26.2 Å². The molecule has 0 saturated carbocycles. The molecule has 0 atom stereocenters. The Morgan fingerprint density at radius 3 is 2.50 bits per heavy atom. The third-order valence-corrected chi connectivity index (χ3v) is 5.96. The molecule has 1 N–H and O–H groups in total. The molecular formula is C25H31N3O3S. The average Bonchev–Trinajstić information content (AvgIpc) is 3.25. The third-order valence-electron chi connectivity index (χ3n) is 5.14. The van der Waals surface area contributed by atoms with Crippen LogP contribution in [-0.2, 0) is 13.2 Å². The van der Waals surface area contributed by atoms with E-state index in [0.717, 1.165) is 41.6 Å². The van der Waals surface area contributed by atoms with E-state index in [1.54, 1.807) is 35.6 Å². The van der Waals surface area contributed by atoms with E-state index in [0.29, 0.717) is 31.1 Å². The second kappa shape index (κ2) is 12.2. The molecule has 0 aliphatic carbocycles. The van der Waals surface area contributed by atoms with E-state index in [-0.39, 0.29) is 5.91 Å². The Morgan fingerprint density at radius 1 is 1.06 bits per heavy atom. The summed E-state index contributed by atoms with van der Waals surface area (Å²) >= 11 is 1.60. The van der Waals surface area contributed by atoms with Crippen LogP contribution in [0.3, 0.4) is 0 Å². The van der Waals surface area contributed by atoms with Crippen molar-refractivity contribution in [1.82, 2.24) is 15.2 Å². The maximum Gasteiger partial charge on any atom is 0.251 e. The monoisotopic (exact) mass is 453 g/mol. The first-order valence-corrected chi connectivity index (χ1v) is 11.8. The van der Waals surface area contributed by atoms with E-state index in [4.69, 9.17) is 9.47 Å². The lowest BCUT2D eigenvalue weighted by Gasteiger charge is -2.19. The highest BCUT2D eigenvalue weighted by atomic mass is 32.1. The first-order valence-electron chi connectivity index (χ1n) is 10.9. The lowest BCUT2D eigenvalue weighted by molar-refractivity contribution is 0.0950. The molecular weight excluding hydrogens is 422 g/mol. The number of carbonyl (C=O) groups is 1. The van der Waals surface area contributed by atoms with Crippen molar-refractivity contribution in [2.24, 2.45) is 0 Å². The van der Waals surface area contributed by atoms with E-state index < -0.39 is 0 Å². The van der Waals surface area contributed by atoms with Crippen LogP contribution in [0, 0.1) is 6.92 Å². The van der Waals surface area contributed by atoms with Crippen LogP contribution in [0.15, 0.2) is 53.9 Å². The molecule has 2 aromatic carbocycles. The molecule has 32 heavy (non-hydrogen) atoms. The first kappa shape index (κ1) is 23.8. The number of likely N-dealkylation sites (N-methyl/N-ethyl adjacent to an activating group) is 1. The zero-order chi connectivity index (χ0) is 22.8. The molecule has 3 rings (SSSR count). The van der Waals surface area contributed by atoms with E-state index in [1.165, 1.54) is 0 Å². The molecule has 3 aromatic rings. The Kier molecular flexibility index (Phi) is 9.07. The summed E-state index contributed by atoms with van der Waals surface area (Å²) in [6.45, 7) is 10.6. The Balaban J connectivity index is 1.49. The zero-order valence-electron chi connectivity index (χ0n) is 19.0. The number of para-hydroxylation sites is 1. The van der Waals surface area contributed by atoms with E-state index in [2.05, 4.69) is 29.0 Å². The van der Waals surface area contributed by atoms with E-state index in [1.807, 2.05) is 36.6 Å². The SMILES string of the molecule is CCN(CC)CCOc1ccccc1CNC(=O)c1ccc(OCc2csc(C)n2)cc1. The fraction of sp³-hybridized carbons (Fsp3) is 0.360. The molecule has 0 fully saturated rings. The van der Waals surface area contributed by atoms with Crippen LogP contribution in [0.1, 0.15) is 40.5 Å². The predicted octanol–water partition coefficient (Wildman–Crippen LogP) is 4.68. The molecule has 0 aliphatic rings. The summed E-state index contributed by atoms with van der Waals surface area (Å²) in [5.41, 5.74) is 2.45. The predicted molar refractivity (Wildman–Crippen MR) is 129 cm³/mol. The van der Waals surface area contributed by atoms with Crippen LogP contribution in [-0.4, -0.2) is 42.0 Å². The van der Waals surface area contributed by atoms with Crippen molar-refractivity contribution in [3.05, 3.63) is 75.7 Å². The summed E-state index contributed by atoms with van der Waals surface area (Å²) in [7, 11) is 0. The maximum absolute atomic E-state index is 12.6. The minimum absolute atomic E-state index is 0.135. The quantitative estimate of drug-likeness (QED) is 0.431. The van der Waals surface area contributed by atoms with Crippen LogP contribution >= 0.6 is 11.3 Å². The van der Waals surface area contributed by atoms with Gasteiger partial charge in [0.05, 0.1) is 10.7 Å². The van der Waals surface area contributed by atoms with E-state index in [9.17, 15) is 4.79 Å². The molecule has 0 unspecified atom stereocenters. The number of aryl methyl sites for hydroxylation is 1. The number of rotatable bonds is 12. The van der Waals surface area contributed by atoms with Gasteiger partial charge in [0.25, 0.3) is 5.91 Å². The van der Waals surface area contributed by atoms with Gasteiger partial charge in [-0.3, -0.25) is 4.79 Å². The van der Waals surface area contributed by atoms with Crippen molar-refractivity contribution in [3.8, 4) is 11.5 Å². The van der Waals surface area contributed by atoms with Crippen LogP contribution in [0.5, 0.6) is 11.5 Å². The van der Waals surface area contributed by atoms with Crippen molar-refractivity contribution in [1.29, 1.82) is 0 Å². The average molecular weight is 454 g/mol. The molecule has 0 spiro atoms. The molecule has 0 bridgehead atoms. The number of hydrogen-bond acceptors (Lipinski definition) is 6. The second-order valence-electron chi connectivity index (χ2n) is 7.34. The number of hydrogen-bond donors (Lipinski definition) is 1. The zero-order valence-corrected chi connectivity index (χ0v) is 19.8. The van der Waals surface area contributed by atoms with Crippen LogP contribution in [0.4, 0.5) is 0 Å². The van der Waals surface area contributed by atoms with Gasteiger partial charge in [-0.15, -0.1) is 11.3 Å². The number of benzene rings is 2. The topological polar surface area (TPSA) is 63.7 Å². The minimum Gasteiger partial charge on any atom is -0.492 e. The van der Waals surface area contributed by atoms with Crippen molar-refractivity contribution in [3.63, 3.8) is 0 Å². The van der Waals surface area contributed by atoms with Crippen LogP contribution in [0.25, 0.3) is 0 Å². The Hall–Kier alpha value is -2.90. The summed E-state index contributed by atoms with van der Waals surface area (Å²) < 4.78 is 11.7. The summed E-state index contributed by atoms with van der Waals surface area (Å²) in [6.07, 6.45) is 0. The van der Waals surface area contributed by atoms with E-state index >= 15 is 0 Å². The normalized spacial score (nSPS) is 10.9. The summed E-state index contributed by atoms with van der Waals surface area (Å²) in [6, 6.07) is 15.0. The second-order valence-corrected chi connectivity index (χ2v) is 8.40. The van der Waals surface area contributed by atoms with Crippen molar-refractivity contribution < 1.29 is 14.3 Å². The highest BCUT2D eigenvalue weighted by Gasteiger charge is 2.09. The third kappa shape index (κ3) is 7.07. The summed E-state index contributed by atoms with van der Waals surface area (Å²) in [5.74, 6) is 1.38. The number of amides is 1. The Bertz CT molecular complexity index is 984. The Morgan fingerprint density at radius 2 is 1.81 bits per heavy atom. The number of nitrogens with zero attached hydrogens (tertiary/aromatic N) is 2. The number of ether oxygens (including phenoxy) is 2. The fourth-order valence-corrected chi connectivity index (χ4v) is 3.82. The lowest BCUT2D eigenvalue weighted by Crippen LogP contribution is -2.28. The van der Waals surface area contributed by atoms with Gasteiger partial charge in [-0.2, -0.15) is 0 Å². The smallest absolute Gasteiger partial charge is 0.251 e. The standard InChI is InChI=1S/C25H31N3O3S/c1-4-28(5-2)14-15-30-24-9-7-6-8-21(24)16-26-25(29)20-10-12-23(13-11-20)31-17-22-18-32-19(3)27-22/h6-13,18H,4-5,14-17H2,1-3H3,(H,26,29). The van der Waals surface area contributed by atoms with Gasteiger partial charge in [-0.1, -0.05) is 32.0 Å². The molecule has 1 amide bonds. The number of thiazole rings is 1. The minimum atomic E-state index is -0.135. The van der Waals surface area contributed by atoms with Crippen molar-refractivity contribution in [2.45, 2.75) is 33.9 Å². The molecule has 0 saturated heterocycles. The molecule has 1 heterocycles. The van der Waals surface area contributed by atoms with Gasteiger partial charge in [0.1, 0.15) is 24.7 Å². The molecule has 170 valence electrons. The molecule has 0 aliphatic heterocycles. The number of carbonyl (C=O) groups excluding carboxylic acids is 1. The largest absolute Gasteiger partial charge is 0.492 e. The van der Waals surface area contributed by atoms with Gasteiger partial charge < -0.3 is 19.7 Å². The van der Waals surface area contributed by atoms with Crippen LogP contribution in [0.2, 0.25) is 0 Å². The highest BCUT2D eigenvalue weighted by molar-refractivity contribution is 7.09.